The van der Waals surface area contributed by atoms with Crippen molar-refractivity contribution >= 4 is 34.1 Å². The van der Waals surface area contributed by atoms with E-state index in [1.54, 1.807) is 12.1 Å². The number of nitrogens with one attached hydrogen (secondary N) is 1. The second kappa shape index (κ2) is 4.23. The maximum atomic E-state index is 10.1. The fourth-order valence-electron chi connectivity index (χ4n) is 2.10. The number of halogens is 2. The molecule has 0 radical (unpaired) electrons. The first-order chi connectivity index (χ1) is 8.68. The summed E-state index contributed by atoms with van der Waals surface area (Å²) in [5.41, 5.74) is 2.37. The number of aromatic hydroxyl groups is 1. The molecule has 0 spiro atoms. The summed E-state index contributed by atoms with van der Waals surface area (Å²) < 4.78 is 0. The zero-order valence-electron chi connectivity index (χ0n) is 9.24. The van der Waals surface area contributed by atoms with Crippen molar-refractivity contribution in [1.29, 1.82) is 0 Å². The second-order valence-electron chi connectivity index (χ2n) is 4.00. The summed E-state index contributed by atoms with van der Waals surface area (Å²) in [5.74, 6) is 0.186. The fourth-order valence-corrected chi connectivity index (χ4v) is 2.50. The van der Waals surface area contributed by atoms with Crippen LogP contribution in [0.4, 0.5) is 0 Å². The highest BCUT2D eigenvalue weighted by atomic mass is 35.5. The molecule has 0 amide bonds. The Hall–Kier alpha value is -1.64. The van der Waals surface area contributed by atoms with Crippen molar-refractivity contribution in [1.82, 2.24) is 4.98 Å². The summed E-state index contributed by atoms with van der Waals surface area (Å²) in [7, 11) is 0. The Kier molecular flexibility index (Phi) is 2.69. The van der Waals surface area contributed by atoms with E-state index in [4.69, 9.17) is 23.2 Å². The Labute approximate surface area is 114 Å². The van der Waals surface area contributed by atoms with Gasteiger partial charge in [0, 0.05) is 28.2 Å². The van der Waals surface area contributed by atoms with Gasteiger partial charge in [0.2, 0.25) is 0 Å². The number of phenols is 1. The lowest BCUT2D eigenvalue weighted by Crippen LogP contribution is -1.83. The molecule has 4 heteroatoms. The van der Waals surface area contributed by atoms with Crippen molar-refractivity contribution in [2.45, 2.75) is 0 Å². The minimum Gasteiger partial charge on any atom is -0.507 e. The van der Waals surface area contributed by atoms with Crippen LogP contribution < -0.4 is 0 Å². The van der Waals surface area contributed by atoms with E-state index in [-0.39, 0.29) is 5.75 Å². The lowest BCUT2D eigenvalue weighted by Gasteiger charge is -2.09. The second-order valence-corrected chi connectivity index (χ2v) is 4.79. The lowest BCUT2D eigenvalue weighted by atomic mass is 10.0. The van der Waals surface area contributed by atoms with Gasteiger partial charge < -0.3 is 10.1 Å². The van der Waals surface area contributed by atoms with Crippen LogP contribution >= 0.6 is 23.2 Å². The minimum atomic E-state index is 0.186. The van der Waals surface area contributed by atoms with E-state index in [9.17, 15) is 5.11 Å². The van der Waals surface area contributed by atoms with Crippen molar-refractivity contribution in [2.24, 2.45) is 0 Å². The van der Waals surface area contributed by atoms with E-state index in [0.717, 1.165) is 16.5 Å². The van der Waals surface area contributed by atoms with E-state index in [0.29, 0.717) is 15.6 Å². The molecule has 3 rings (SSSR count). The van der Waals surface area contributed by atoms with E-state index < -0.39 is 0 Å². The maximum absolute atomic E-state index is 10.1. The van der Waals surface area contributed by atoms with Gasteiger partial charge in [-0.1, -0.05) is 35.3 Å². The highest BCUT2D eigenvalue weighted by molar-refractivity contribution is 6.44. The third-order valence-corrected chi connectivity index (χ3v) is 3.75. The maximum Gasteiger partial charge on any atom is 0.124 e. The van der Waals surface area contributed by atoms with Gasteiger partial charge in [-0.05, 0) is 24.3 Å². The van der Waals surface area contributed by atoms with Crippen LogP contribution in [-0.4, -0.2) is 10.1 Å². The van der Waals surface area contributed by atoms with Crippen LogP contribution in [0, 0.1) is 0 Å². The molecular weight excluding hydrogens is 269 g/mol. The summed E-state index contributed by atoms with van der Waals surface area (Å²) in [6.45, 7) is 0. The van der Waals surface area contributed by atoms with Gasteiger partial charge in [-0.2, -0.15) is 0 Å². The van der Waals surface area contributed by atoms with Gasteiger partial charge in [0.1, 0.15) is 5.75 Å². The van der Waals surface area contributed by atoms with E-state index >= 15 is 0 Å². The Bertz CT molecular complexity index is 734. The SMILES string of the molecule is Oc1ccc2[nH]ccc2c1-c1cccc(Cl)c1Cl. The zero-order valence-corrected chi connectivity index (χ0v) is 10.8. The average molecular weight is 278 g/mol. The number of aromatic nitrogens is 1. The van der Waals surface area contributed by atoms with Crippen molar-refractivity contribution in [3.63, 3.8) is 0 Å². The number of benzene rings is 2. The monoisotopic (exact) mass is 277 g/mol. The van der Waals surface area contributed by atoms with Gasteiger partial charge in [-0.15, -0.1) is 0 Å². The number of phenolic OH excluding ortho intramolecular Hbond substituents is 1. The largest absolute Gasteiger partial charge is 0.507 e. The molecule has 0 aliphatic rings. The standard InChI is InChI=1S/C14H9Cl2NO/c15-10-3-1-2-9(14(10)16)13-8-6-7-17-11(8)4-5-12(13)18/h1-7,17-18H. The Morgan fingerprint density at radius 1 is 1.00 bits per heavy atom. The molecule has 2 aromatic carbocycles. The third kappa shape index (κ3) is 1.65. The number of hydrogen-bond acceptors (Lipinski definition) is 1. The van der Waals surface area contributed by atoms with E-state index in [1.807, 2.05) is 30.5 Å². The van der Waals surface area contributed by atoms with Crippen LogP contribution in [0.5, 0.6) is 5.75 Å². The summed E-state index contributed by atoms with van der Waals surface area (Å²) in [5, 5.41) is 11.9. The number of H-pyrrole nitrogens is 1. The van der Waals surface area contributed by atoms with Crippen LogP contribution in [0.3, 0.4) is 0 Å². The Balaban J connectivity index is 2.40. The van der Waals surface area contributed by atoms with Crippen LogP contribution in [0.25, 0.3) is 22.0 Å². The number of aromatic amines is 1. The molecule has 2 N–H and O–H groups in total. The minimum absolute atomic E-state index is 0.186. The van der Waals surface area contributed by atoms with E-state index in [2.05, 4.69) is 4.98 Å². The lowest BCUT2D eigenvalue weighted by molar-refractivity contribution is 0.478. The molecule has 0 bridgehead atoms. The van der Waals surface area contributed by atoms with Gasteiger partial charge >= 0.3 is 0 Å². The topological polar surface area (TPSA) is 36.0 Å². The highest BCUT2D eigenvalue weighted by Gasteiger charge is 2.14. The first-order valence-electron chi connectivity index (χ1n) is 5.42. The molecule has 0 saturated heterocycles. The molecule has 1 heterocycles. The van der Waals surface area contributed by atoms with Gasteiger partial charge in [0.05, 0.1) is 10.0 Å². The van der Waals surface area contributed by atoms with Crippen LogP contribution in [0.2, 0.25) is 10.0 Å². The Morgan fingerprint density at radius 3 is 2.67 bits per heavy atom. The van der Waals surface area contributed by atoms with Crippen molar-refractivity contribution in [3.8, 4) is 16.9 Å². The molecule has 18 heavy (non-hydrogen) atoms. The summed E-state index contributed by atoms with van der Waals surface area (Å²) in [6, 6.07) is 10.8. The molecule has 0 saturated carbocycles. The van der Waals surface area contributed by atoms with Gasteiger partial charge in [-0.3, -0.25) is 0 Å². The summed E-state index contributed by atoms with van der Waals surface area (Å²) in [4.78, 5) is 3.10. The molecule has 90 valence electrons. The molecule has 3 aromatic rings. The number of fused-ring (bicyclic) bond motifs is 1. The van der Waals surface area contributed by atoms with Crippen LogP contribution in [-0.2, 0) is 0 Å². The van der Waals surface area contributed by atoms with Gasteiger partial charge in [-0.25, -0.2) is 0 Å². The highest BCUT2D eigenvalue weighted by Crippen LogP contribution is 2.41. The van der Waals surface area contributed by atoms with Crippen molar-refractivity contribution in [3.05, 3.63) is 52.6 Å². The summed E-state index contributed by atoms with van der Waals surface area (Å²) >= 11 is 12.2. The fraction of sp³-hybridized carbons (Fsp3) is 0. The van der Waals surface area contributed by atoms with Crippen LogP contribution in [0.1, 0.15) is 0 Å². The Morgan fingerprint density at radius 2 is 1.83 bits per heavy atom. The molecule has 0 fully saturated rings. The molecule has 0 atom stereocenters. The zero-order chi connectivity index (χ0) is 12.7. The molecule has 0 unspecified atom stereocenters. The first-order valence-corrected chi connectivity index (χ1v) is 6.17. The molecule has 0 aliphatic carbocycles. The molecule has 2 nitrogen and oxygen atoms in total. The normalized spacial score (nSPS) is 11.0. The number of rotatable bonds is 1. The predicted octanol–water partition coefficient (Wildman–Crippen LogP) is 4.85. The quantitative estimate of drug-likeness (QED) is 0.656. The molecular formula is C14H9Cl2NO. The molecule has 1 aromatic heterocycles. The van der Waals surface area contributed by atoms with Gasteiger partial charge in [0.25, 0.3) is 0 Å². The average Bonchev–Trinajstić information content (AvgIpc) is 2.82. The van der Waals surface area contributed by atoms with Gasteiger partial charge in [0.15, 0.2) is 0 Å². The van der Waals surface area contributed by atoms with Crippen molar-refractivity contribution in [2.75, 3.05) is 0 Å². The molecule has 0 aliphatic heterocycles. The van der Waals surface area contributed by atoms with E-state index in [1.165, 1.54) is 0 Å². The smallest absolute Gasteiger partial charge is 0.124 e. The predicted molar refractivity (Wildman–Crippen MR) is 75.4 cm³/mol. The van der Waals surface area contributed by atoms with Crippen molar-refractivity contribution < 1.29 is 5.11 Å². The first kappa shape index (κ1) is 11.5. The number of hydrogen-bond donors (Lipinski definition) is 2. The van der Waals surface area contributed by atoms with Crippen LogP contribution in [0.15, 0.2) is 42.6 Å². The third-order valence-electron chi connectivity index (χ3n) is 2.93. The summed E-state index contributed by atoms with van der Waals surface area (Å²) in [6.07, 6.45) is 1.83.